The van der Waals surface area contributed by atoms with Crippen molar-refractivity contribution in [1.29, 1.82) is 0 Å². The molecular formula is C20H27FN4O. The molecule has 0 aliphatic carbocycles. The van der Waals surface area contributed by atoms with Crippen LogP contribution in [0.2, 0.25) is 0 Å². The molecule has 2 aromatic rings. The van der Waals surface area contributed by atoms with Crippen molar-refractivity contribution in [3.63, 3.8) is 0 Å². The Hall–Kier alpha value is -1.92. The highest BCUT2D eigenvalue weighted by atomic mass is 19.1. The molecule has 1 aromatic carbocycles. The zero-order valence-corrected chi connectivity index (χ0v) is 15.3. The Morgan fingerprint density at radius 2 is 1.88 bits per heavy atom. The van der Waals surface area contributed by atoms with Gasteiger partial charge in [0, 0.05) is 36.1 Å². The number of nitrogens with zero attached hydrogens (tertiary/aromatic N) is 2. The first-order valence-corrected chi connectivity index (χ1v) is 9.61. The molecule has 0 unspecified atom stereocenters. The molecule has 2 N–H and O–H groups in total. The maximum absolute atomic E-state index is 13.8. The number of hydrogen-bond donors (Lipinski definition) is 2. The number of nitrogens with one attached hydrogen (secondary N) is 2. The Labute approximate surface area is 153 Å². The first-order chi connectivity index (χ1) is 12.6. The van der Waals surface area contributed by atoms with Gasteiger partial charge < -0.3 is 20.1 Å². The van der Waals surface area contributed by atoms with E-state index in [-0.39, 0.29) is 17.8 Å². The average molecular weight is 358 g/mol. The Bertz CT molecular complexity index is 773. The summed E-state index contributed by atoms with van der Waals surface area (Å²) in [4.78, 5) is 20.5. The number of aromatic nitrogens is 1. The number of rotatable bonds is 3. The van der Waals surface area contributed by atoms with Gasteiger partial charge in [0.1, 0.15) is 11.5 Å². The summed E-state index contributed by atoms with van der Waals surface area (Å²) in [5, 5.41) is 3.59. The number of benzene rings is 1. The first-order valence-electron chi connectivity index (χ1n) is 9.61. The molecule has 2 aliphatic heterocycles. The van der Waals surface area contributed by atoms with Crippen LogP contribution in [-0.4, -0.2) is 66.0 Å². The van der Waals surface area contributed by atoms with Crippen LogP contribution in [0.15, 0.2) is 24.3 Å². The third-order valence-electron chi connectivity index (χ3n) is 5.92. The summed E-state index contributed by atoms with van der Waals surface area (Å²) in [7, 11) is 2.19. The number of piperidine rings is 2. The number of fused-ring (bicyclic) bond motifs is 1. The number of H-pyrrole nitrogens is 1. The second kappa shape index (κ2) is 7.37. The number of likely N-dealkylation sites (tertiary alicyclic amines) is 2. The normalized spacial score (nSPS) is 21.3. The highest BCUT2D eigenvalue weighted by Crippen LogP contribution is 2.22. The van der Waals surface area contributed by atoms with Crippen molar-refractivity contribution in [3.8, 4) is 0 Å². The summed E-state index contributed by atoms with van der Waals surface area (Å²) >= 11 is 0. The van der Waals surface area contributed by atoms with E-state index in [2.05, 4.69) is 27.1 Å². The van der Waals surface area contributed by atoms with E-state index in [0.29, 0.717) is 22.6 Å². The summed E-state index contributed by atoms with van der Waals surface area (Å²) < 4.78 is 13.8. The summed E-state index contributed by atoms with van der Waals surface area (Å²) in [5.41, 5.74) is 1.09. The Morgan fingerprint density at radius 3 is 2.58 bits per heavy atom. The smallest absolute Gasteiger partial charge is 0.267 e. The van der Waals surface area contributed by atoms with E-state index in [9.17, 15) is 9.18 Å². The second-order valence-electron chi connectivity index (χ2n) is 7.70. The largest absolute Gasteiger partial charge is 0.350 e. The van der Waals surface area contributed by atoms with E-state index in [0.717, 1.165) is 25.9 Å². The third kappa shape index (κ3) is 3.62. The number of aromatic amines is 1. The number of amides is 1. The van der Waals surface area contributed by atoms with Crippen molar-refractivity contribution in [2.45, 2.75) is 37.8 Å². The minimum atomic E-state index is -0.302. The zero-order chi connectivity index (χ0) is 18.1. The fourth-order valence-corrected chi connectivity index (χ4v) is 4.27. The molecule has 0 radical (unpaired) electrons. The van der Waals surface area contributed by atoms with Gasteiger partial charge in [-0.3, -0.25) is 4.79 Å². The Balaban J connectivity index is 1.32. The third-order valence-corrected chi connectivity index (χ3v) is 5.92. The predicted octanol–water partition coefficient (Wildman–Crippen LogP) is 2.60. The second-order valence-corrected chi connectivity index (χ2v) is 7.70. The van der Waals surface area contributed by atoms with Gasteiger partial charge in [-0.15, -0.1) is 0 Å². The molecule has 5 nitrogen and oxygen atoms in total. The van der Waals surface area contributed by atoms with Crippen molar-refractivity contribution in [2.75, 3.05) is 33.2 Å². The van der Waals surface area contributed by atoms with Crippen LogP contribution in [0.5, 0.6) is 0 Å². The summed E-state index contributed by atoms with van der Waals surface area (Å²) in [5.74, 6) is -0.442. The number of halogens is 1. The van der Waals surface area contributed by atoms with E-state index >= 15 is 0 Å². The van der Waals surface area contributed by atoms with Crippen LogP contribution in [0, 0.1) is 5.82 Å². The van der Waals surface area contributed by atoms with Crippen LogP contribution in [0.3, 0.4) is 0 Å². The van der Waals surface area contributed by atoms with Crippen LogP contribution in [-0.2, 0) is 0 Å². The zero-order valence-electron chi connectivity index (χ0n) is 15.3. The van der Waals surface area contributed by atoms with E-state index in [4.69, 9.17) is 0 Å². The van der Waals surface area contributed by atoms with E-state index < -0.39 is 0 Å². The highest BCUT2D eigenvalue weighted by molar-refractivity contribution is 5.98. The standard InChI is InChI=1S/C20H27FN4O/c1-24-9-7-15(8-10-24)25-11-5-14(6-12-25)22-20(26)19-13-16-17(21)3-2-4-18(16)23-19/h2-4,13-15,23H,5-12H2,1H3,(H,22,26). The fraction of sp³-hybridized carbons (Fsp3) is 0.550. The van der Waals surface area contributed by atoms with Crippen LogP contribution < -0.4 is 5.32 Å². The molecule has 3 heterocycles. The molecule has 1 amide bonds. The lowest BCUT2D eigenvalue weighted by Crippen LogP contribution is -2.50. The molecule has 1 aromatic heterocycles. The molecule has 6 heteroatoms. The molecule has 4 rings (SSSR count). The van der Waals surface area contributed by atoms with Gasteiger partial charge in [0.05, 0.1) is 0 Å². The monoisotopic (exact) mass is 358 g/mol. The lowest BCUT2D eigenvalue weighted by atomic mass is 9.98. The number of carbonyl (C=O) groups is 1. The van der Waals surface area contributed by atoms with E-state index in [1.807, 2.05) is 0 Å². The molecular weight excluding hydrogens is 331 g/mol. The maximum Gasteiger partial charge on any atom is 0.267 e. The van der Waals surface area contributed by atoms with E-state index in [1.165, 1.54) is 32.0 Å². The topological polar surface area (TPSA) is 51.4 Å². The molecule has 26 heavy (non-hydrogen) atoms. The van der Waals surface area contributed by atoms with Crippen molar-refractivity contribution in [3.05, 3.63) is 35.8 Å². The van der Waals surface area contributed by atoms with Gasteiger partial charge in [0.2, 0.25) is 0 Å². The van der Waals surface area contributed by atoms with Gasteiger partial charge in [0.15, 0.2) is 0 Å². The molecule has 0 spiro atoms. The van der Waals surface area contributed by atoms with Crippen LogP contribution >= 0.6 is 0 Å². The minimum absolute atomic E-state index is 0.140. The van der Waals surface area contributed by atoms with Gasteiger partial charge >= 0.3 is 0 Å². The fourth-order valence-electron chi connectivity index (χ4n) is 4.27. The summed E-state index contributed by atoms with van der Waals surface area (Å²) in [6.07, 6.45) is 4.45. The van der Waals surface area contributed by atoms with Crippen LogP contribution in [0.1, 0.15) is 36.2 Å². The van der Waals surface area contributed by atoms with Crippen molar-refractivity contribution in [2.24, 2.45) is 0 Å². The Morgan fingerprint density at radius 1 is 1.15 bits per heavy atom. The van der Waals surface area contributed by atoms with Crippen LogP contribution in [0.4, 0.5) is 4.39 Å². The van der Waals surface area contributed by atoms with Gasteiger partial charge in [-0.05, 0) is 64.0 Å². The van der Waals surface area contributed by atoms with Gasteiger partial charge in [-0.1, -0.05) is 6.07 Å². The minimum Gasteiger partial charge on any atom is -0.350 e. The molecule has 140 valence electrons. The lowest BCUT2D eigenvalue weighted by Gasteiger charge is -2.41. The summed E-state index contributed by atoms with van der Waals surface area (Å²) in [6, 6.07) is 7.34. The maximum atomic E-state index is 13.8. The molecule has 0 bridgehead atoms. The van der Waals surface area contributed by atoms with Gasteiger partial charge in [-0.2, -0.15) is 0 Å². The average Bonchev–Trinajstić information content (AvgIpc) is 3.09. The number of hydrogen-bond acceptors (Lipinski definition) is 3. The lowest BCUT2D eigenvalue weighted by molar-refractivity contribution is 0.0804. The van der Waals surface area contributed by atoms with Crippen molar-refractivity contribution in [1.82, 2.24) is 20.1 Å². The molecule has 2 fully saturated rings. The van der Waals surface area contributed by atoms with Crippen LogP contribution in [0.25, 0.3) is 10.9 Å². The highest BCUT2D eigenvalue weighted by Gasteiger charge is 2.28. The number of carbonyl (C=O) groups excluding carboxylic acids is 1. The van der Waals surface area contributed by atoms with E-state index in [1.54, 1.807) is 18.2 Å². The SMILES string of the molecule is CN1CCC(N2CCC(NC(=O)c3cc4c(F)cccc4[nH]3)CC2)CC1. The van der Waals surface area contributed by atoms with Crippen molar-refractivity contribution < 1.29 is 9.18 Å². The predicted molar refractivity (Wildman–Crippen MR) is 101 cm³/mol. The van der Waals surface area contributed by atoms with Gasteiger partial charge in [-0.25, -0.2) is 4.39 Å². The van der Waals surface area contributed by atoms with Crippen molar-refractivity contribution >= 4 is 16.8 Å². The first kappa shape index (κ1) is 17.5. The molecule has 2 saturated heterocycles. The molecule has 0 saturated carbocycles. The Kier molecular flexibility index (Phi) is 4.96. The quantitative estimate of drug-likeness (QED) is 0.887. The van der Waals surface area contributed by atoms with Gasteiger partial charge in [0.25, 0.3) is 5.91 Å². The molecule has 0 atom stereocenters. The summed E-state index contributed by atoms with van der Waals surface area (Å²) in [6.45, 7) is 4.44. The molecule has 2 aliphatic rings.